The van der Waals surface area contributed by atoms with Gasteiger partial charge in [0.25, 0.3) is 15.2 Å². The highest BCUT2D eigenvalue weighted by molar-refractivity contribution is 7.89. The van der Waals surface area contributed by atoms with Crippen molar-refractivity contribution in [3.63, 3.8) is 0 Å². The first-order valence-corrected chi connectivity index (χ1v) is 15.8. The fraction of sp³-hybridized carbons (Fsp3) is 0.407. The molecular weight excluding hydrogens is 624 g/mol. The molecule has 4 aromatic rings. The molecule has 17 heteroatoms. The van der Waals surface area contributed by atoms with Gasteiger partial charge in [-0.25, -0.2) is 28.1 Å². The molecule has 6 rings (SSSR count). The van der Waals surface area contributed by atoms with Crippen LogP contribution in [0, 0.1) is 11.4 Å². The molecule has 44 heavy (non-hydrogen) atoms. The monoisotopic (exact) mass is 650 g/mol. The first kappa shape index (κ1) is 30.2. The average Bonchev–Trinajstić information content (AvgIpc) is 3.71. The lowest BCUT2D eigenvalue weighted by Gasteiger charge is -2.46. The van der Waals surface area contributed by atoms with Crippen LogP contribution in [0.1, 0.15) is 59.0 Å². The van der Waals surface area contributed by atoms with Gasteiger partial charge in [0.2, 0.25) is 11.7 Å². The van der Waals surface area contributed by atoms with Gasteiger partial charge in [0, 0.05) is 19.1 Å². The molecule has 0 N–H and O–H groups in total. The number of thiazole rings is 1. The Morgan fingerprint density at radius 1 is 1.16 bits per heavy atom. The maximum atomic E-state index is 14.3. The highest BCUT2D eigenvalue weighted by atomic mass is 32.2. The molecule has 0 aliphatic heterocycles. The second-order valence-corrected chi connectivity index (χ2v) is 13.9. The average molecular weight is 651 g/mol. The third kappa shape index (κ3) is 5.05. The highest BCUT2D eigenvalue weighted by Gasteiger charge is 2.53. The minimum atomic E-state index is -4.68. The Hall–Kier alpha value is -3.83. The van der Waals surface area contributed by atoms with Crippen LogP contribution < -0.4 is 0 Å². The molecule has 1 fully saturated rings. The van der Waals surface area contributed by atoms with Gasteiger partial charge in [-0.1, -0.05) is 5.57 Å². The van der Waals surface area contributed by atoms with Crippen LogP contribution in [0.25, 0.3) is 11.8 Å². The minimum absolute atomic E-state index is 0.00837. The number of carbonyl (C=O) groups is 1. The lowest BCUT2D eigenvalue weighted by molar-refractivity contribution is -0.134. The molecule has 2 aliphatic rings. The number of Topliss-reactive ketones (excluding diaryl/α,β-unsaturated/α-hetero) is 1. The minimum Gasteiger partial charge on any atom is -0.290 e. The lowest BCUT2D eigenvalue weighted by Crippen LogP contribution is -2.52. The summed E-state index contributed by atoms with van der Waals surface area (Å²) < 4.78 is 85.7. The van der Waals surface area contributed by atoms with Crippen molar-refractivity contribution < 1.29 is 30.8 Å². The van der Waals surface area contributed by atoms with Gasteiger partial charge in [-0.2, -0.15) is 27.0 Å². The molecular formula is C27H26F4N8O3S2. The van der Waals surface area contributed by atoms with Gasteiger partial charge < -0.3 is 0 Å². The highest BCUT2D eigenvalue weighted by Crippen LogP contribution is 2.52. The van der Waals surface area contributed by atoms with Crippen molar-refractivity contribution in [2.45, 2.75) is 62.9 Å². The number of pyridine rings is 1. The number of fused-ring (bicyclic) bond motifs is 2. The SMILES string of the molecule is CC(C)N([C@H]1CCC2=Cc3c(cnn3-c3ccc(F)nc3)C[C@]2(C(=O)c2ncc(C(F)(F)F)s2)C1)S(=O)(=O)c1ncn(C)n1. The first-order valence-electron chi connectivity index (χ1n) is 13.6. The fourth-order valence-corrected chi connectivity index (χ4v) is 8.69. The summed E-state index contributed by atoms with van der Waals surface area (Å²) in [6, 6.07) is 1.45. The van der Waals surface area contributed by atoms with Crippen molar-refractivity contribution in [2.24, 2.45) is 12.5 Å². The molecule has 232 valence electrons. The number of aryl methyl sites for hydroxylation is 1. The van der Waals surface area contributed by atoms with Crippen LogP contribution in [0.15, 0.2) is 47.8 Å². The number of hydrogen-bond donors (Lipinski definition) is 0. The van der Waals surface area contributed by atoms with E-state index in [0.717, 1.165) is 0 Å². The molecule has 0 unspecified atom stereocenters. The van der Waals surface area contributed by atoms with E-state index in [4.69, 9.17) is 0 Å². The van der Waals surface area contributed by atoms with Crippen molar-refractivity contribution in [1.82, 2.24) is 38.8 Å². The second-order valence-electron chi connectivity index (χ2n) is 11.1. The Balaban J connectivity index is 1.45. The number of sulfonamides is 1. The molecule has 0 bridgehead atoms. The summed E-state index contributed by atoms with van der Waals surface area (Å²) in [4.78, 5) is 24.8. The van der Waals surface area contributed by atoms with Crippen LogP contribution in [-0.2, 0) is 29.7 Å². The van der Waals surface area contributed by atoms with E-state index < -0.39 is 50.3 Å². The Kier molecular flexibility index (Phi) is 7.32. The third-order valence-electron chi connectivity index (χ3n) is 7.96. The molecule has 4 aromatic heterocycles. The number of allylic oxidation sites excluding steroid dienone is 1. The molecule has 2 atom stereocenters. The van der Waals surface area contributed by atoms with Gasteiger partial charge in [-0.05, 0) is 63.3 Å². The Labute approximate surface area is 253 Å². The van der Waals surface area contributed by atoms with Crippen molar-refractivity contribution in [2.75, 3.05) is 0 Å². The van der Waals surface area contributed by atoms with E-state index in [-0.39, 0.29) is 40.8 Å². The quantitative estimate of drug-likeness (QED) is 0.163. The van der Waals surface area contributed by atoms with Crippen LogP contribution in [0.4, 0.5) is 17.6 Å². The molecule has 2 aliphatic carbocycles. The van der Waals surface area contributed by atoms with E-state index in [0.29, 0.717) is 35.1 Å². The number of ketones is 1. The van der Waals surface area contributed by atoms with Crippen molar-refractivity contribution >= 4 is 33.2 Å². The molecule has 0 spiro atoms. The Bertz CT molecular complexity index is 1880. The van der Waals surface area contributed by atoms with Gasteiger partial charge in [0.05, 0.1) is 35.4 Å². The summed E-state index contributed by atoms with van der Waals surface area (Å²) in [5.41, 5.74) is 0.947. The smallest absolute Gasteiger partial charge is 0.290 e. The zero-order valence-electron chi connectivity index (χ0n) is 23.7. The van der Waals surface area contributed by atoms with E-state index in [1.807, 2.05) is 0 Å². The number of nitrogens with zero attached hydrogens (tertiary/aromatic N) is 8. The number of rotatable bonds is 7. The van der Waals surface area contributed by atoms with Gasteiger partial charge in [0.1, 0.15) is 11.2 Å². The predicted molar refractivity (Wildman–Crippen MR) is 150 cm³/mol. The lowest BCUT2D eigenvalue weighted by atomic mass is 9.61. The van der Waals surface area contributed by atoms with Gasteiger partial charge in [-0.15, -0.1) is 16.4 Å². The summed E-state index contributed by atoms with van der Waals surface area (Å²) in [7, 11) is -2.66. The first-order chi connectivity index (χ1) is 20.7. The maximum absolute atomic E-state index is 14.3. The van der Waals surface area contributed by atoms with E-state index in [2.05, 4.69) is 25.1 Å². The zero-order chi connectivity index (χ0) is 31.6. The molecule has 0 saturated heterocycles. The Morgan fingerprint density at radius 3 is 2.55 bits per heavy atom. The van der Waals surface area contributed by atoms with Gasteiger partial charge in [-0.3, -0.25) is 9.48 Å². The van der Waals surface area contributed by atoms with E-state index in [1.54, 1.807) is 37.8 Å². The maximum Gasteiger partial charge on any atom is 0.427 e. The summed E-state index contributed by atoms with van der Waals surface area (Å²) >= 11 is 0.266. The van der Waals surface area contributed by atoms with Crippen molar-refractivity contribution in [1.29, 1.82) is 0 Å². The van der Waals surface area contributed by atoms with Gasteiger partial charge >= 0.3 is 6.18 Å². The topological polar surface area (TPSA) is 129 Å². The molecule has 0 amide bonds. The van der Waals surface area contributed by atoms with E-state index in [9.17, 15) is 30.8 Å². The zero-order valence-corrected chi connectivity index (χ0v) is 25.3. The van der Waals surface area contributed by atoms with E-state index in [1.165, 1.54) is 33.6 Å². The van der Waals surface area contributed by atoms with E-state index >= 15 is 0 Å². The fourth-order valence-electron chi connectivity index (χ4n) is 6.14. The van der Waals surface area contributed by atoms with Crippen LogP contribution in [0.2, 0.25) is 0 Å². The standard InChI is InChI=1S/C27H26F4N8O3S2/c1-15(2)39(44(41,42)25-34-14-37(3)36-25)18-5-4-17-8-20-16(11-35-38(20)19-6-7-22(28)32-12-19)9-26(17,10-18)23(40)24-33-13-21(43-24)27(29,30)31/h6-8,11-15,18H,4-5,9-10H2,1-3H3/t18-,26-/m0/s1. The third-order valence-corrected chi connectivity index (χ3v) is 10.9. The molecule has 11 nitrogen and oxygen atoms in total. The second kappa shape index (κ2) is 10.7. The van der Waals surface area contributed by atoms with Crippen LogP contribution in [0.3, 0.4) is 0 Å². The number of aromatic nitrogens is 7. The molecule has 1 saturated carbocycles. The summed E-state index contributed by atoms with van der Waals surface area (Å²) in [5.74, 6) is -1.28. The number of carbonyl (C=O) groups excluding carboxylic acids is 1. The predicted octanol–water partition coefficient (Wildman–Crippen LogP) is 4.47. The normalized spacial score (nSPS) is 20.5. The number of alkyl halides is 3. The van der Waals surface area contributed by atoms with Crippen molar-refractivity contribution in [3.05, 3.63) is 69.7 Å². The number of hydrogen-bond acceptors (Lipinski definition) is 9. The molecule has 0 radical (unpaired) electrons. The summed E-state index contributed by atoms with van der Waals surface area (Å²) in [5, 5.41) is 7.73. The van der Waals surface area contributed by atoms with Gasteiger partial charge in [0.15, 0.2) is 5.01 Å². The largest absolute Gasteiger partial charge is 0.427 e. The Morgan fingerprint density at radius 2 is 1.93 bits per heavy atom. The molecule has 0 aromatic carbocycles. The van der Waals surface area contributed by atoms with Crippen LogP contribution in [-0.4, -0.2) is 65.1 Å². The van der Waals surface area contributed by atoms with Crippen molar-refractivity contribution in [3.8, 4) is 5.69 Å². The van der Waals surface area contributed by atoms with Crippen LogP contribution >= 0.6 is 11.3 Å². The molecule has 4 heterocycles. The number of halogens is 4. The summed E-state index contributed by atoms with van der Waals surface area (Å²) in [6.07, 6.45) is 2.52. The summed E-state index contributed by atoms with van der Waals surface area (Å²) in [6.45, 7) is 3.41. The van der Waals surface area contributed by atoms with Crippen LogP contribution in [0.5, 0.6) is 0 Å².